The summed E-state index contributed by atoms with van der Waals surface area (Å²) in [4.78, 5) is 46.2. The van der Waals surface area contributed by atoms with Gasteiger partial charge in [0, 0.05) is 18.7 Å². The number of nitro groups is 1. The summed E-state index contributed by atoms with van der Waals surface area (Å²) in [6.07, 6.45) is 1.43. The van der Waals surface area contributed by atoms with Gasteiger partial charge < -0.3 is 9.84 Å². The summed E-state index contributed by atoms with van der Waals surface area (Å²) < 4.78 is 4.91. The number of thioether (sulfide) groups is 2. The first-order valence-electron chi connectivity index (χ1n) is 7.71. The Balaban J connectivity index is 2.19. The van der Waals surface area contributed by atoms with Crippen LogP contribution in [0.15, 0.2) is 28.0 Å². The van der Waals surface area contributed by atoms with Gasteiger partial charge in [-0.25, -0.2) is 0 Å². The van der Waals surface area contributed by atoms with E-state index < -0.39 is 29.3 Å². The van der Waals surface area contributed by atoms with Crippen LogP contribution in [-0.4, -0.2) is 56.0 Å². The number of carbonyl (C=O) groups is 3. The van der Waals surface area contributed by atoms with E-state index in [0.717, 1.165) is 16.7 Å². The standard InChI is InChI=1S/C16H14N2O7S3/c1-9(19)25-4-5-27-12-3-2-10(6-11(12)18(23)24)7-13-15(22)17(8-14(20)21)16(26)28-13/h2-3,6-7H,4-5,8H2,1H3,(H,20,21)/b13-7+. The summed E-state index contributed by atoms with van der Waals surface area (Å²) in [5.74, 6) is -1.82. The molecular formula is C16H14N2O7S3. The zero-order chi connectivity index (χ0) is 20.8. The highest BCUT2D eigenvalue weighted by Crippen LogP contribution is 2.35. The van der Waals surface area contributed by atoms with Gasteiger partial charge in [-0.2, -0.15) is 0 Å². The molecule has 0 radical (unpaired) electrons. The zero-order valence-electron chi connectivity index (χ0n) is 14.4. The van der Waals surface area contributed by atoms with Crippen molar-refractivity contribution in [1.29, 1.82) is 0 Å². The monoisotopic (exact) mass is 442 g/mol. The molecule has 0 spiro atoms. The second-order valence-corrected chi connectivity index (χ2v) is 8.15. The molecule has 0 bridgehead atoms. The van der Waals surface area contributed by atoms with Crippen molar-refractivity contribution >= 4 is 69.7 Å². The van der Waals surface area contributed by atoms with Gasteiger partial charge in [-0.3, -0.25) is 29.4 Å². The molecule has 0 saturated carbocycles. The predicted molar refractivity (Wildman–Crippen MR) is 108 cm³/mol. The van der Waals surface area contributed by atoms with Crippen LogP contribution in [0.5, 0.6) is 0 Å². The molecular weight excluding hydrogens is 428 g/mol. The zero-order valence-corrected chi connectivity index (χ0v) is 16.9. The molecule has 1 aromatic carbocycles. The number of hydrogen-bond acceptors (Lipinski definition) is 9. The molecule has 1 fully saturated rings. The molecule has 148 valence electrons. The lowest BCUT2D eigenvalue weighted by Gasteiger charge is -2.10. The van der Waals surface area contributed by atoms with Crippen LogP contribution < -0.4 is 0 Å². The minimum atomic E-state index is -1.19. The third-order valence-corrected chi connectivity index (χ3v) is 5.70. The van der Waals surface area contributed by atoms with Crippen LogP contribution in [0.3, 0.4) is 0 Å². The van der Waals surface area contributed by atoms with Crippen molar-refractivity contribution in [2.45, 2.75) is 11.8 Å². The topological polar surface area (TPSA) is 127 Å². The molecule has 1 N–H and O–H groups in total. The number of aliphatic carboxylic acids is 1. The molecule has 12 heteroatoms. The van der Waals surface area contributed by atoms with Crippen molar-refractivity contribution in [1.82, 2.24) is 4.90 Å². The molecule has 9 nitrogen and oxygen atoms in total. The average Bonchev–Trinajstić information content (AvgIpc) is 2.86. The van der Waals surface area contributed by atoms with Gasteiger partial charge in [-0.15, -0.1) is 11.8 Å². The summed E-state index contributed by atoms with van der Waals surface area (Å²) >= 11 is 7.12. The molecule has 0 atom stereocenters. The molecule has 1 amide bonds. The maximum atomic E-state index is 12.3. The molecule has 1 heterocycles. The van der Waals surface area contributed by atoms with E-state index in [0.29, 0.717) is 16.2 Å². The number of amides is 1. The number of ether oxygens (including phenoxy) is 1. The fourth-order valence-electron chi connectivity index (χ4n) is 2.15. The van der Waals surface area contributed by atoms with Gasteiger partial charge in [0.25, 0.3) is 11.6 Å². The van der Waals surface area contributed by atoms with Crippen LogP contribution in [0.2, 0.25) is 0 Å². The Hall–Kier alpha value is -2.44. The number of nitrogens with zero attached hydrogens (tertiary/aromatic N) is 2. The lowest BCUT2D eigenvalue weighted by molar-refractivity contribution is -0.387. The molecule has 1 aliphatic rings. The minimum absolute atomic E-state index is 0.116. The molecule has 0 aliphatic carbocycles. The highest BCUT2D eigenvalue weighted by molar-refractivity contribution is 8.26. The predicted octanol–water partition coefficient (Wildman–Crippen LogP) is 2.54. The molecule has 0 unspecified atom stereocenters. The highest BCUT2D eigenvalue weighted by atomic mass is 32.2. The first kappa shape index (κ1) is 21.9. The molecule has 1 aromatic rings. The van der Waals surface area contributed by atoms with E-state index in [1.54, 1.807) is 12.1 Å². The smallest absolute Gasteiger partial charge is 0.323 e. The lowest BCUT2D eigenvalue weighted by Crippen LogP contribution is -2.33. The van der Waals surface area contributed by atoms with E-state index in [9.17, 15) is 24.5 Å². The van der Waals surface area contributed by atoms with Crippen LogP contribution in [0.1, 0.15) is 12.5 Å². The third-order valence-electron chi connectivity index (χ3n) is 3.29. The van der Waals surface area contributed by atoms with E-state index >= 15 is 0 Å². The molecule has 28 heavy (non-hydrogen) atoms. The van der Waals surface area contributed by atoms with Crippen LogP contribution in [0.25, 0.3) is 6.08 Å². The van der Waals surface area contributed by atoms with E-state index in [1.807, 2.05) is 0 Å². The van der Waals surface area contributed by atoms with E-state index in [2.05, 4.69) is 0 Å². The largest absolute Gasteiger partial charge is 0.480 e. The maximum Gasteiger partial charge on any atom is 0.323 e. The van der Waals surface area contributed by atoms with Crippen molar-refractivity contribution < 1.29 is 29.2 Å². The maximum absolute atomic E-state index is 12.3. The Bertz CT molecular complexity index is 885. The number of carbonyl (C=O) groups excluding carboxylic acids is 2. The number of nitro benzene ring substituents is 1. The fraction of sp³-hybridized carbons (Fsp3) is 0.250. The summed E-state index contributed by atoms with van der Waals surface area (Å²) in [5.41, 5.74) is 0.259. The van der Waals surface area contributed by atoms with Gasteiger partial charge in [0.15, 0.2) is 0 Å². The molecule has 1 aliphatic heterocycles. The Morgan fingerprint density at radius 2 is 2.18 bits per heavy atom. The summed E-state index contributed by atoms with van der Waals surface area (Å²) in [5, 5.41) is 20.2. The number of esters is 1. The number of thiocarbonyl (C=S) groups is 1. The third kappa shape index (κ3) is 5.78. The molecule has 1 saturated heterocycles. The Morgan fingerprint density at radius 3 is 2.79 bits per heavy atom. The first-order valence-corrected chi connectivity index (χ1v) is 9.92. The Morgan fingerprint density at radius 1 is 1.46 bits per heavy atom. The van der Waals surface area contributed by atoms with Gasteiger partial charge in [0.05, 0.1) is 14.7 Å². The highest BCUT2D eigenvalue weighted by Gasteiger charge is 2.33. The average molecular weight is 442 g/mol. The van der Waals surface area contributed by atoms with Crippen molar-refractivity contribution in [2.24, 2.45) is 0 Å². The van der Waals surface area contributed by atoms with Gasteiger partial charge in [0.2, 0.25) is 0 Å². The van der Waals surface area contributed by atoms with Crippen molar-refractivity contribution in [2.75, 3.05) is 18.9 Å². The second-order valence-electron chi connectivity index (χ2n) is 5.33. The van der Waals surface area contributed by atoms with Gasteiger partial charge >= 0.3 is 11.9 Å². The van der Waals surface area contributed by atoms with Crippen LogP contribution in [-0.2, 0) is 19.1 Å². The van der Waals surface area contributed by atoms with Gasteiger partial charge in [-0.1, -0.05) is 30.0 Å². The van der Waals surface area contributed by atoms with Crippen LogP contribution in [0, 0.1) is 10.1 Å². The summed E-state index contributed by atoms with van der Waals surface area (Å²) in [7, 11) is 0. The normalized spacial score (nSPS) is 15.2. The molecule has 2 rings (SSSR count). The van der Waals surface area contributed by atoms with Crippen LogP contribution >= 0.6 is 35.7 Å². The van der Waals surface area contributed by atoms with E-state index in [-0.39, 0.29) is 21.5 Å². The van der Waals surface area contributed by atoms with Gasteiger partial charge in [-0.05, 0) is 17.7 Å². The molecule has 0 aromatic heterocycles. The summed E-state index contributed by atoms with van der Waals surface area (Å²) in [6, 6.07) is 4.46. The van der Waals surface area contributed by atoms with E-state index in [1.165, 1.54) is 30.8 Å². The van der Waals surface area contributed by atoms with Crippen molar-refractivity contribution in [3.05, 3.63) is 38.8 Å². The number of rotatable bonds is 8. The fourth-order valence-corrected chi connectivity index (χ4v) is 4.24. The minimum Gasteiger partial charge on any atom is -0.480 e. The number of hydrogen-bond donors (Lipinski definition) is 1. The number of benzene rings is 1. The van der Waals surface area contributed by atoms with Crippen molar-refractivity contribution in [3.63, 3.8) is 0 Å². The number of carboxylic acids is 1. The van der Waals surface area contributed by atoms with E-state index in [4.69, 9.17) is 22.1 Å². The lowest BCUT2D eigenvalue weighted by atomic mass is 10.2. The van der Waals surface area contributed by atoms with Crippen LogP contribution in [0.4, 0.5) is 5.69 Å². The summed E-state index contributed by atoms with van der Waals surface area (Å²) in [6.45, 7) is 0.867. The Kier molecular flexibility index (Phi) is 7.54. The Labute approximate surface area is 173 Å². The number of carboxylic acid groups (broad SMARTS) is 1. The van der Waals surface area contributed by atoms with Gasteiger partial charge in [0.1, 0.15) is 17.5 Å². The second kappa shape index (κ2) is 9.66. The quantitative estimate of drug-likeness (QED) is 0.122. The first-order chi connectivity index (χ1) is 13.2. The van der Waals surface area contributed by atoms with Crippen molar-refractivity contribution in [3.8, 4) is 0 Å². The SMILES string of the molecule is CC(=O)OCCSc1ccc(/C=C2/SC(=S)N(CC(=O)O)C2=O)cc1[N+](=O)[O-].